The molecule has 4 rings (SSSR count). The van der Waals surface area contributed by atoms with E-state index >= 15 is 0 Å². The number of hydrogen-bond donors (Lipinski definition) is 3. The highest BCUT2D eigenvalue weighted by molar-refractivity contribution is 6.49. The van der Waals surface area contributed by atoms with Crippen LogP contribution in [0.15, 0.2) is 54.6 Å². The van der Waals surface area contributed by atoms with Gasteiger partial charge in [0.2, 0.25) is 11.9 Å². The van der Waals surface area contributed by atoms with Crippen molar-refractivity contribution in [2.75, 3.05) is 25.6 Å². The molecule has 2 unspecified atom stereocenters. The van der Waals surface area contributed by atoms with Crippen LogP contribution in [0.4, 0.5) is 5.95 Å². The molecule has 0 aromatic carbocycles. The molecular formula is C27H33ClN8O3. The fourth-order valence-corrected chi connectivity index (χ4v) is 4.29. The number of aromatic nitrogens is 6. The number of nitrogens with one attached hydrogen (secondary N) is 3. The van der Waals surface area contributed by atoms with Crippen LogP contribution in [0.5, 0.6) is 0 Å². The molecule has 0 saturated heterocycles. The largest absolute Gasteiger partial charge is 0.381 e. The zero-order valence-corrected chi connectivity index (χ0v) is 23.2. The number of aromatic amines is 1. The highest BCUT2D eigenvalue weighted by Crippen LogP contribution is 2.33. The second kappa shape index (κ2) is 13.3. The van der Waals surface area contributed by atoms with Crippen LogP contribution in [0, 0.1) is 0 Å². The molecule has 3 aromatic rings. The molecule has 11 nitrogen and oxygen atoms in total. The first-order valence-corrected chi connectivity index (χ1v) is 13.0. The molecule has 1 aliphatic rings. The van der Waals surface area contributed by atoms with Gasteiger partial charge >= 0.3 is 0 Å². The van der Waals surface area contributed by atoms with Gasteiger partial charge in [0.1, 0.15) is 6.61 Å². The van der Waals surface area contributed by atoms with E-state index in [1.807, 2.05) is 51.3 Å². The maximum absolute atomic E-state index is 12.4. The number of methoxy groups -OCH3 is 1. The van der Waals surface area contributed by atoms with E-state index in [4.69, 9.17) is 21.1 Å². The first-order valence-electron chi connectivity index (χ1n) is 12.6. The van der Waals surface area contributed by atoms with Gasteiger partial charge < -0.3 is 20.1 Å². The summed E-state index contributed by atoms with van der Waals surface area (Å²) < 4.78 is 12.6. The Hall–Kier alpha value is -3.80. The second-order valence-corrected chi connectivity index (χ2v) is 9.51. The Kier molecular flexibility index (Phi) is 9.64. The fourth-order valence-electron chi connectivity index (χ4n) is 3.99. The van der Waals surface area contributed by atoms with E-state index in [-0.39, 0.29) is 24.7 Å². The minimum atomic E-state index is -0.327. The number of carbonyl (C=O) groups excluding carboxylic acids is 1. The first kappa shape index (κ1) is 28.2. The number of allylic oxidation sites excluding steroid dienone is 3. The van der Waals surface area contributed by atoms with Crippen molar-refractivity contribution in [1.29, 1.82) is 0 Å². The minimum Gasteiger partial charge on any atom is -0.381 e. The van der Waals surface area contributed by atoms with Crippen LogP contribution >= 0.6 is 11.6 Å². The quantitative estimate of drug-likeness (QED) is 0.289. The Morgan fingerprint density at radius 1 is 1.31 bits per heavy atom. The van der Waals surface area contributed by atoms with E-state index in [0.717, 1.165) is 40.9 Å². The number of H-pyrrole nitrogens is 1. The molecule has 0 fully saturated rings. The van der Waals surface area contributed by atoms with Crippen LogP contribution in [-0.4, -0.2) is 62.3 Å². The van der Waals surface area contributed by atoms with Gasteiger partial charge in [0.15, 0.2) is 5.82 Å². The van der Waals surface area contributed by atoms with Crippen molar-refractivity contribution in [2.45, 2.75) is 38.8 Å². The predicted octanol–water partition coefficient (Wildman–Crippen LogP) is 3.77. The van der Waals surface area contributed by atoms with E-state index in [9.17, 15) is 4.79 Å². The molecule has 0 aliphatic heterocycles. The van der Waals surface area contributed by atoms with Crippen molar-refractivity contribution in [2.24, 2.45) is 7.05 Å². The molecule has 0 radical (unpaired) electrons. The van der Waals surface area contributed by atoms with Gasteiger partial charge in [-0.15, -0.1) is 5.10 Å². The Labute approximate surface area is 232 Å². The summed E-state index contributed by atoms with van der Waals surface area (Å²) >= 11 is 6.61. The summed E-state index contributed by atoms with van der Waals surface area (Å²) in [6, 6.07) is 3.59. The Balaban J connectivity index is 1.38. The number of nitrogens with zero attached hydrogens (tertiary/aromatic N) is 5. The second-order valence-electron chi connectivity index (χ2n) is 9.13. The van der Waals surface area contributed by atoms with Crippen LogP contribution in [0.3, 0.4) is 0 Å². The van der Waals surface area contributed by atoms with E-state index in [1.54, 1.807) is 30.4 Å². The molecule has 1 amide bonds. The zero-order chi connectivity index (χ0) is 27.8. The van der Waals surface area contributed by atoms with E-state index in [2.05, 4.69) is 35.9 Å². The number of hydrogen-bond acceptors (Lipinski definition) is 8. The van der Waals surface area contributed by atoms with Crippen LogP contribution in [0.1, 0.15) is 49.0 Å². The highest BCUT2D eigenvalue weighted by atomic mass is 35.5. The molecule has 0 bridgehead atoms. The minimum absolute atomic E-state index is 0.0720. The first-order chi connectivity index (χ1) is 18.9. The van der Waals surface area contributed by atoms with Gasteiger partial charge in [0.05, 0.1) is 30.0 Å². The van der Waals surface area contributed by atoms with Crippen molar-refractivity contribution in [3.63, 3.8) is 0 Å². The highest BCUT2D eigenvalue weighted by Gasteiger charge is 2.21. The average molecular weight is 553 g/mol. The van der Waals surface area contributed by atoms with E-state index < -0.39 is 0 Å². The molecule has 0 saturated carbocycles. The van der Waals surface area contributed by atoms with Gasteiger partial charge in [-0.3, -0.25) is 14.9 Å². The summed E-state index contributed by atoms with van der Waals surface area (Å²) in [5.74, 6) is 0.868. The van der Waals surface area contributed by atoms with Crippen molar-refractivity contribution < 1.29 is 14.3 Å². The molecule has 3 aromatic heterocycles. The normalized spacial score (nSPS) is 15.4. The summed E-state index contributed by atoms with van der Waals surface area (Å²) in [5, 5.41) is 18.5. The molecule has 39 heavy (non-hydrogen) atoms. The molecule has 206 valence electrons. The van der Waals surface area contributed by atoms with E-state index in [0.29, 0.717) is 23.4 Å². The average Bonchev–Trinajstić information content (AvgIpc) is 3.56. The van der Waals surface area contributed by atoms with Gasteiger partial charge in [-0.05, 0) is 44.4 Å². The fraction of sp³-hybridized carbons (Fsp3) is 0.370. The van der Waals surface area contributed by atoms with Crippen LogP contribution < -0.4 is 10.6 Å². The third-order valence-corrected chi connectivity index (χ3v) is 6.62. The lowest BCUT2D eigenvalue weighted by Gasteiger charge is -2.17. The van der Waals surface area contributed by atoms with Crippen molar-refractivity contribution in [1.82, 2.24) is 35.3 Å². The number of pyridine rings is 1. The summed E-state index contributed by atoms with van der Waals surface area (Å²) in [6.45, 7) is 4.08. The monoisotopic (exact) mass is 552 g/mol. The molecular weight excluding hydrogens is 520 g/mol. The predicted molar refractivity (Wildman–Crippen MR) is 150 cm³/mol. The number of amides is 1. The third kappa shape index (κ3) is 7.41. The smallest absolute Gasteiger partial charge is 0.246 e. The number of aryl methyl sites for hydroxylation is 2. The number of carbonyl (C=O) groups is 1. The Morgan fingerprint density at radius 3 is 2.92 bits per heavy atom. The Morgan fingerprint density at radius 2 is 2.15 bits per heavy atom. The lowest BCUT2D eigenvalue weighted by Crippen LogP contribution is -2.31. The molecule has 2 atom stereocenters. The number of halogens is 1. The van der Waals surface area contributed by atoms with E-state index in [1.165, 1.54) is 0 Å². The van der Waals surface area contributed by atoms with Crippen molar-refractivity contribution in [3.05, 3.63) is 77.3 Å². The van der Waals surface area contributed by atoms with Gasteiger partial charge in [0.25, 0.3) is 0 Å². The van der Waals surface area contributed by atoms with Crippen LogP contribution in [0.2, 0.25) is 0 Å². The number of anilines is 1. The summed E-state index contributed by atoms with van der Waals surface area (Å²) in [7, 11) is 3.43. The van der Waals surface area contributed by atoms with Crippen LogP contribution in [0.25, 0.3) is 10.6 Å². The van der Waals surface area contributed by atoms with Gasteiger partial charge in [-0.1, -0.05) is 29.8 Å². The number of fused-ring (bicyclic) bond motifs is 1. The number of rotatable bonds is 12. The van der Waals surface area contributed by atoms with Gasteiger partial charge in [-0.2, -0.15) is 10.1 Å². The molecule has 3 heterocycles. The topological polar surface area (TPSA) is 132 Å². The summed E-state index contributed by atoms with van der Waals surface area (Å²) in [4.78, 5) is 21.1. The zero-order valence-electron chi connectivity index (χ0n) is 22.4. The maximum atomic E-state index is 12.4. The summed E-state index contributed by atoms with van der Waals surface area (Å²) in [6.07, 6.45) is 12.0. The van der Waals surface area contributed by atoms with Gasteiger partial charge in [-0.25, -0.2) is 4.68 Å². The maximum Gasteiger partial charge on any atom is 0.246 e. The Bertz CT molecular complexity index is 1360. The SMILES string of the molecule is COC/C=C(\C=C/C(C)OCC(=O)NC(C)c1cccnc1)c1nc(NC2=C(Cl)c3cn[nH]c3CC2)n(C)n1. The van der Waals surface area contributed by atoms with Crippen molar-refractivity contribution >= 4 is 34.1 Å². The molecule has 12 heteroatoms. The molecule has 3 N–H and O–H groups in total. The molecule has 1 aliphatic carbocycles. The lowest BCUT2D eigenvalue weighted by atomic mass is 10.0. The van der Waals surface area contributed by atoms with Crippen LogP contribution in [-0.2, 0) is 27.7 Å². The molecule has 0 spiro atoms. The standard InChI is InChI=1S/C27H33ClN8O3/c1-17(39-16-24(37)31-18(2)20-6-5-12-29-14-20)7-8-19(11-13-38-4)26-33-27(36(3)35-26)32-23-10-9-22-21(25(23)28)15-30-34-22/h5-8,11-12,14-15,17-18H,9-10,13,16H2,1-4H3,(H,30,34)(H,31,37)(H,32,33,35)/b8-7-,19-11+. The third-order valence-electron chi connectivity index (χ3n) is 6.18. The number of ether oxygens (including phenoxy) is 2. The van der Waals surface area contributed by atoms with Crippen molar-refractivity contribution in [3.8, 4) is 0 Å². The summed E-state index contributed by atoms with van der Waals surface area (Å²) in [5.41, 5.74) is 4.47. The van der Waals surface area contributed by atoms with Gasteiger partial charge in [0, 0.05) is 49.1 Å². The lowest BCUT2D eigenvalue weighted by molar-refractivity contribution is -0.127.